The number of rotatable bonds is 20. The predicted octanol–water partition coefficient (Wildman–Crippen LogP) is 15.9. The molecule has 83 heavy (non-hydrogen) atoms. The van der Waals surface area contributed by atoms with Crippen molar-refractivity contribution < 1.29 is 23.7 Å². The van der Waals surface area contributed by atoms with Crippen molar-refractivity contribution in [2.75, 3.05) is 0 Å². The van der Waals surface area contributed by atoms with Crippen LogP contribution in [0.2, 0.25) is 0 Å². The molecule has 12 rings (SSSR count). The van der Waals surface area contributed by atoms with E-state index in [9.17, 15) is 0 Å². The minimum atomic E-state index is -0.900. The van der Waals surface area contributed by atoms with Crippen molar-refractivity contribution in [1.29, 1.82) is 0 Å². The van der Waals surface area contributed by atoms with Crippen LogP contribution in [0.25, 0.3) is 0 Å². The molecule has 2 fully saturated rings. The zero-order valence-electron chi connectivity index (χ0n) is 47.2. The Morgan fingerprint density at radius 3 is 0.843 bits per heavy atom. The van der Waals surface area contributed by atoms with Gasteiger partial charge in [0, 0.05) is 13.1 Å². The Morgan fingerprint density at radius 2 is 0.578 bits per heavy atom. The van der Waals surface area contributed by atoms with Gasteiger partial charge in [0.25, 0.3) is 0 Å². The van der Waals surface area contributed by atoms with Crippen LogP contribution in [0, 0.1) is 0 Å². The molecule has 414 valence electrons. The largest absolute Gasteiger partial charge is 0.356 e. The molecule has 10 aromatic carbocycles. The first-order valence-electron chi connectivity index (χ1n) is 29.0. The normalized spacial score (nSPS) is 17.9. The first-order valence-corrected chi connectivity index (χ1v) is 29.0. The summed E-state index contributed by atoms with van der Waals surface area (Å²) in [7, 11) is 0. The highest BCUT2D eigenvalue weighted by molar-refractivity contribution is 5.76. The van der Waals surface area contributed by atoms with Crippen LogP contribution in [0.1, 0.15) is 80.6 Å². The van der Waals surface area contributed by atoms with Crippen molar-refractivity contribution in [3.8, 4) is 0 Å². The minimum Gasteiger partial charge on any atom is -0.356 e. The van der Waals surface area contributed by atoms with E-state index in [2.05, 4.69) is 252 Å². The molecule has 0 unspecified atom stereocenters. The van der Waals surface area contributed by atoms with E-state index in [0.29, 0.717) is 39.1 Å². The molecule has 4 atom stereocenters. The van der Waals surface area contributed by atoms with Gasteiger partial charge in [-0.1, -0.05) is 291 Å². The molecule has 7 heteroatoms. The van der Waals surface area contributed by atoms with Gasteiger partial charge in [-0.25, -0.2) is 4.79 Å². The summed E-state index contributed by atoms with van der Waals surface area (Å²) >= 11 is 0. The average molecular weight is 1090 g/mol. The van der Waals surface area contributed by atoms with Crippen molar-refractivity contribution >= 4 is 6.03 Å². The second-order valence-electron chi connectivity index (χ2n) is 22.4. The number of ether oxygens (including phenoxy) is 4. The van der Waals surface area contributed by atoms with Crippen LogP contribution >= 0.6 is 0 Å². The molecule has 2 heterocycles. The number of fused-ring (bicyclic) bond motifs is 1. The summed E-state index contributed by atoms with van der Waals surface area (Å²) in [6.07, 6.45) is 0.274. The third-order valence-corrected chi connectivity index (χ3v) is 16.5. The van der Waals surface area contributed by atoms with E-state index in [4.69, 9.17) is 18.9 Å². The number of benzene rings is 10. The van der Waals surface area contributed by atoms with Gasteiger partial charge in [0.05, 0.1) is 25.3 Å². The highest BCUT2D eigenvalue weighted by Gasteiger charge is 2.55. The van der Waals surface area contributed by atoms with E-state index < -0.39 is 29.2 Å². The van der Waals surface area contributed by atoms with Crippen molar-refractivity contribution in [3.63, 3.8) is 0 Å². The lowest BCUT2D eigenvalue weighted by Crippen LogP contribution is -2.51. The minimum absolute atomic E-state index is 0.0668. The van der Waals surface area contributed by atoms with Crippen molar-refractivity contribution in [2.45, 2.75) is 94.3 Å². The quantitative estimate of drug-likeness (QED) is 0.0712. The monoisotopic (exact) mass is 1090 g/mol. The maximum Gasteiger partial charge on any atom is 0.321 e. The Hall–Kier alpha value is -8.69. The van der Waals surface area contributed by atoms with Crippen molar-refractivity contribution in [2.24, 2.45) is 0 Å². The van der Waals surface area contributed by atoms with Gasteiger partial charge in [0.1, 0.15) is 23.4 Å². The first kappa shape index (κ1) is 54.9. The summed E-state index contributed by atoms with van der Waals surface area (Å²) in [5, 5.41) is 0. The number of nitrogens with zero attached hydrogens (tertiary/aromatic N) is 2. The van der Waals surface area contributed by atoms with Crippen LogP contribution in [-0.2, 0) is 69.3 Å². The molecular weight excluding hydrogens is 1020 g/mol. The van der Waals surface area contributed by atoms with Gasteiger partial charge in [0.15, 0.2) is 5.79 Å². The Bertz CT molecular complexity index is 3200. The summed E-state index contributed by atoms with van der Waals surface area (Å²) in [4.78, 5) is 20.3. The van der Waals surface area contributed by atoms with Gasteiger partial charge in [0.2, 0.25) is 0 Å². The molecule has 0 bridgehead atoms. The highest BCUT2D eigenvalue weighted by atomic mass is 16.8. The molecule has 0 saturated carbocycles. The lowest BCUT2D eigenvalue weighted by atomic mass is 9.80. The van der Waals surface area contributed by atoms with Gasteiger partial charge in [-0.15, -0.1) is 0 Å². The first-order chi connectivity index (χ1) is 40.8. The SMILES string of the molecule is CC1(C)O[C@@H]2[C@@H](O1)[C@@H](Cc1ccccc1)N(Cc1ccc(COC(c3ccccc3)(c3ccccc3)c3ccccc3)cc1)C(=O)N(Cc1ccc(COC(c3ccccc3)(c3ccccc3)c3ccccc3)cc1)[C@@H]2Cc1ccccc1. The number of amides is 2. The maximum absolute atomic E-state index is 16.2. The highest BCUT2D eigenvalue weighted by Crippen LogP contribution is 2.44. The second kappa shape index (κ2) is 24.8. The average Bonchev–Trinajstić information content (AvgIpc) is 3.34. The Balaban J connectivity index is 0.876. The fourth-order valence-corrected chi connectivity index (χ4v) is 12.5. The fourth-order valence-electron chi connectivity index (χ4n) is 12.5. The second-order valence-corrected chi connectivity index (χ2v) is 22.4. The van der Waals surface area contributed by atoms with E-state index in [1.165, 1.54) is 0 Å². The molecular formula is C76H70N2O5. The third kappa shape index (κ3) is 11.9. The maximum atomic E-state index is 16.2. The molecule has 0 spiro atoms. The summed E-state index contributed by atoms with van der Waals surface area (Å²) < 4.78 is 28.7. The molecule has 2 amide bonds. The topological polar surface area (TPSA) is 60.5 Å². The van der Waals surface area contributed by atoms with Gasteiger partial charge < -0.3 is 28.7 Å². The van der Waals surface area contributed by atoms with E-state index in [1.54, 1.807) is 0 Å². The van der Waals surface area contributed by atoms with Gasteiger partial charge in [-0.2, -0.15) is 0 Å². The smallest absolute Gasteiger partial charge is 0.321 e. The lowest BCUT2D eigenvalue weighted by Gasteiger charge is -2.37. The van der Waals surface area contributed by atoms with Crippen LogP contribution in [0.15, 0.2) is 291 Å². The molecule has 2 saturated heterocycles. The zero-order valence-corrected chi connectivity index (χ0v) is 47.2. The van der Waals surface area contributed by atoms with Crippen LogP contribution in [-0.4, -0.2) is 45.9 Å². The Kier molecular flexibility index (Phi) is 16.4. The fraction of sp³-hybridized carbons (Fsp3) is 0.197. The Labute approximate surface area is 489 Å². The predicted molar refractivity (Wildman–Crippen MR) is 329 cm³/mol. The van der Waals surface area contributed by atoms with Crippen LogP contribution in [0.4, 0.5) is 4.79 Å². The molecule has 2 aliphatic heterocycles. The Morgan fingerprint density at radius 1 is 0.337 bits per heavy atom. The van der Waals surface area contributed by atoms with Gasteiger partial charge in [-0.05, 0) is 93.5 Å². The molecule has 0 aliphatic carbocycles. The molecule has 0 aromatic heterocycles. The number of urea groups is 1. The van der Waals surface area contributed by atoms with E-state index in [0.717, 1.165) is 66.8 Å². The lowest BCUT2D eigenvalue weighted by molar-refractivity contribution is -0.157. The molecule has 2 aliphatic rings. The number of hydrogen-bond acceptors (Lipinski definition) is 5. The van der Waals surface area contributed by atoms with E-state index in [-0.39, 0.29) is 18.1 Å². The van der Waals surface area contributed by atoms with Crippen LogP contribution in [0.3, 0.4) is 0 Å². The standard InChI is InChI=1S/C76H70N2O5/c1-74(2)82-71-69(51-57-27-11-3-12-28-57)77(53-59-43-47-61(48-44-59)55-80-75(63-31-15-5-16-32-63,64-33-17-6-18-34-64)65-35-19-7-20-36-65)73(79)78(70(72(71)83-74)52-58-29-13-4-14-30-58)54-60-45-49-62(50-46-60)56-81-76(66-37-21-8-22-38-66,67-39-23-9-24-40-67)68-41-25-10-26-42-68/h3-50,69-72H,51-56H2,1-2H3/t69-,70-,71+,72+/m1/s1. The summed E-state index contributed by atoms with van der Waals surface area (Å²) in [6.45, 7) is 5.39. The summed E-state index contributed by atoms with van der Waals surface area (Å²) in [6, 6.07) is 100. The molecule has 0 radical (unpaired) electrons. The van der Waals surface area contributed by atoms with Gasteiger partial charge >= 0.3 is 6.03 Å². The number of carbonyl (C=O) groups excluding carboxylic acids is 1. The van der Waals surface area contributed by atoms with Crippen molar-refractivity contribution in [3.05, 3.63) is 358 Å². The summed E-state index contributed by atoms with van der Waals surface area (Å²) in [5.41, 5.74) is 10.8. The van der Waals surface area contributed by atoms with Crippen LogP contribution < -0.4 is 0 Å². The third-order valence-electron chi connectivity index (χ3n) is 16.5. The van der Waals surface area contributed by atoms with Crippen molar-refractivity contribution in [1.82, 2.24) is 9.80 Å². The molecule has 10 aromatic rings. The summed E-state index contributed by atoms with van der Waals surface area (Å²) in [5.74, 6) is -0.900. The zero-order chi connectivity index (χ0) is 56.5. The molecule has 0 N–H and O–H groups in total. The van der Waals surface area contributed by atoms with E-state index >= 15 is 4.79 Å². The number of carbonyl (C=O) groups is 1. The van der Waals surface area contributed by atoms with Crippen LogP contribution in [0.5, 0.6) is 0 Å². The van der Waals surface area contributed by atoms with E-state index in [1.807, 2.05) is 62.4 Å². The van der Waals surface area contributed by atoms with Gasteiger partial charge in [-0.3, -0.25) is 0 Å². The molecule has 7 nitrogen and oxygen atoms in total. The number of hydrogen-bond donors (Lipinski definition) is 0.